The molecule has 0 radical (unpaired) electrons. The second-order valence-electron chi connectivity index (χ2n) is 4.49. The van der Waals surface area contributed by atoms with Gasteiger partial charge in [-0.05, 0) is 6.07 Å². The maximum atomic E-state index is 10.9. The topological polar surface area (TPSA) is 65.3 Å². The lowest BCUT2D eigenvalue weighted by molar-refractivity contribution is -0.385. The fourth-order valence-corrected chi connectivity index (χ4v) is 2.54. The van der Waals surface area contributed by atoms with Gasteiger partial charge in [0, 0.05) is 28.5 Å². The zero-order valence-corrected chi connectivity index (χ0v) is 12.6. The molecule has 0 spiro atoms. The number of hydrogen-bond donors (Lipinski definition) is 0. The van der Waals surface area contributed by atoms with Crippen molar-refractivity contribution in [2.24, 2.45) is 0 Å². The molecule has 106 valence electrons. The minimum Gasteiger partial charge on any atom is -0.480 e. The van der Waals surface area contributed by atoms with Crippen LogP contribution in [-0.4, -0.2) is 9.91 Å². The smallest absolute Gasteiger partial charge is 0.311 e. The Balaban J connectivity index is 2.13. The van der Waals surface area contributed by atoms with Crippen molar-refractivity contribution in [3.8, 4) is 5.75 Å². The van der Waals surface area contributed by atoms with E-state index in [-0.39, 0.29) is 18.0 Å². The van der Waals surface area contributed by atoms with Gasteiger partial charge in [0.05, 0.1) is 15.6 Å². The highest BCUT2D eigenvalue weighted by molar-refractivity contribution is 7.09. The van der Waals surface area contributed by atoms with E-state index in [0.717, 1.165) is 10.7 Å². The lowest BCUT2D eigenvalue weighted by Gasteiger charge is -2.05. The summed E-state index contributed by atoms with van der Waals surface area (Å²) in [4.78, 5) is 14.8. The maximum Gasteiger partial charge on any atom is 0.311 e. The predicted molar refractivity (Wildman–Crippen MR) is 78.6 cm³/mol. The zero-order chi connectivity index (χ0) is 14.7. The van der Waals surface area contributed by atoms with Crippen molar-refractivity contribution in [1.82, 2.24) is 4.98 Å². The van der Waals surface area contributed by atoms with E-state index >= 15 is 0 Å². The fraction of sp³-hybridized carbons (Fsp3) is 0.308. The molecule has 20 heavy (non-hydrogen) atoms. The molecule has 0 fully saturated rings. The highest BCUT2D eigenvalue weighted by atomic mass is 35.5. The first-order valence-corrected chi connectivity index (χ1v) is 7.24. The molecule has 1 aromatic heterocycles. The summed E-state index contributed by atoms with van der Waals surface area (Å²) in [5.74, 6) is 0.510. The van der Waals surface area contributed by atoms with Gasteiger partial charge < -0.3 is 4.74 Å². The van der Waals surface area contributed by atoms with Crippen LogP contribution in [0.1, 0.15) is 30.5 Å². The van der Waals surface area contributed by atoms with Crippen molar-refractivity contribution in [2.75, 3.05) is 0 Å². The largest absolute Gasteiger partial charge is 0.480 e. The van der Waals surface area contributed by atoms with Crippen LogP contribution >= 0.6 is 22.9 Å². The van der Waals surface area contributed by atoms with Crippen LogP contribution in [0.4, 0.5) is 5.69 Å². The zero-order valence-electron chi connectivity index (χ0n) is 11.0. The number of hydrogen-bond acceptors (Lipinski definition) is 5. The number of aromatic nitrogens is 1. The van der Waals surface area contributed by atoms with Crippen LogP contribution in [0.25, 0.3) is 0 Å². The monoisotopic (exact) mass is 312 g/mol. The summed E-state index contributed by atoms with van der Waals surface area (Å²) < 4.78 is 5.48. The molecular formula is C13H13ClN2O3S. The second-order valence-corrected chi connectivity index (χ2v) is 5.82. The second kappa shape index (κ2) is 6.19. The number of nitrogens with zero attached hydrogens (tertiary/aromatic N) is 2. The Morgan fingerprint density at radius 1 is 1.50 bits per heavy atom. The summed E-state index contributed by atoms with van der Waals surface area (Å²) in [7, 11) is 0. The van der Waals surface area contributed by atoms with E-state index in [1.54, 1.807) is 11.3 Å². The number of halogens is 1. The fourth-order valence-electron chi connectivity index (χ4n) is 1.56. The van der Waals surface area contributed by atoms with Crippen LogP contribution in [0.3, 0.4) is 0 Å². The summed E-state index contributed by atoms with van der Waals surface area (Å²) in [6.07, 6.45) is 0. The molecule has 0 aliphatic rings. The average Bonchev–Trinajstić information content (AvgIpc) is 2.85. The standard InChI is InChI=1S/C13H13ClN2O3S/c1-8(2)13-15-10(7-20-13)6-19-12-5-9(14)3-4-11(12)16(17)18/h3-5,7-8H,6H2,1-2H3. The van der Waals surface area contributed by atoms with Crippen molar-refractivity contribution in [2.45, 2.75) is 26.4 Å². The molecule has 0 N–H and O–H groups in total. The SMILES string of the molecule is CC(C)c1nc(COc2cc(Cl)ccc2[N+](=O)[O-])cs1. The highest BCUT2D eigenvalue weighted by Crippen LogP contribution is 2.30. The molecule has 0 aliphatic carbocycles. The van der Waals surface area contributed by atoms with Gasteiger partial charge in [-0.25, -0.2) is 4.98 Å². The van der Waals surface area contributed by atoms with E-state index < -0.39 is 4.92 Å². The van der Waals surface area contributed by atoms with Gasteiger partial charge in [0.15, 0.2) is 5.75 Å². The first kappa shape index (κ1) is 14.7. The summed E-state index contributed by atoms with van der Waals surface area (Å²) in [6.45, 7) is 4.31. The third-order valence-electron chi connectivity index (χ3n) is 2.56. The third-order valence-corrected chi connectivity index (χ3v) is 3.99. The molecule has 0 saturated heterocycles. The molecule has 0 amide bonds. The van der Waals surface area contributed by atoms with E-state index in [9.17, 15) is 10.1 Å². The summed E-state index contributed by atoms with van der Waals surface area (Å²) in [5, 5.41) is 14.2. The quantitative estimate of drug-likeness (QED) is 0.606. The van der Waals surface area contributed by atoms with Crippen molar-refractivity contribution >= 4 is 28.6 Å². The van der Waals surface area contributed by atoms with Gasteiger partial charge in [0.2, 0.25) is 0 Å². The Bertz CT molecular complexity index is 628. The minimum absolute atomic E-state index is 0.103. The van der Waals surface area contributed by atoms with E-state index in [0.29, 0.717) is 10.9 Å². The van der Waals surface area contributed by atoms with Crippen molar-refractivity contribution in [1.29, 1.82) is 0 Å². The molecule has 1 aromatic carbocycles. The number of rotatable bonds is 5. The molecular weight excluding hydrogens is 300 g/mol. The van der Waals surface area contributed by atoms with Gasteiger partial charge in [-0.15, -0.1) is 11.3 Å². The third kappa shape index (κ3) is 3.46. The predicted octanol–water partition coefficient (Wildman–Crippen LogP) is 4.41. The van der Waals surface area contributed by atoms with Gasteiger partial charge >= 0.3 is 5.69 Å². The minimum atomic E-state index is -0.494. The van der Waals surface area contributed by atoms with Gasteiger partial charge in [-0.3, -0.25) is 10.1 Å². The highest BCUT2D eigenvalue weighted by Gasteiger charge is 2.16. The Labute approximate surface area is 125 Å². The van der Waals surface area contributed by atoms with E-state index in [2.05, 4.69) is 18.8 Å². The Hall–Kier alpha value is -1.66. The number of nitro benzene ring substituents is 1. The van der Waals surface area contributed by atoms with Crippen molar-refractivity contribution < 1.29 is 9.66 Å². The number of thiazole rings is 1. The van der Waals surface area contributed by atoms with Gasteiger partial charge in [0.25, 0.3) is 0 Å². The molecule has 5 nitrogen and oxygen atoms in total. The van der Waals surface area contributed by atoms with Crippen LogP contribution < -0.4 is 4.74 Å². The molecule has 1 heterocycles. The first-order chi connectivity index (χ1) is 9.47. The van der Waals surface area contributed by atoms with Crippen LogP contribution in [0.2, 0.25) is 5.02 Å². The maximum absolute atomic E-state index is 10.9. The van der Waals surface area contributed by atoms with E-state index in [1.165, 1.54) is 18.2 Å². The van der Waals surface area contributed by atoms with Gasteiger partial charge in [-0.1, -0.05) is 25.4 Å². The number of benzene rings is 1. The van der Waals surface area contributed by atoms with E-state index in [1.807, 2.05) is 5.38 Å². The van der Waals surface area contributed by atoms with Crippen LogP contribution in [-0.2, 0) is 6.61 Å². The molecule has 0 unspecified atom stereocenters. The lowest BCUT2D eigenvalue weighted by Crippen LogP contribution is -2.00. The molecule has 0 aliphatic heterocycles. The Morgan fingerprint density at radius 2 is 2.25 bits per heavy atom. The normalized spacial score (nSPS) is 10.8. The Kier molecular flexibility index (Phi) is 4.57. The van der Waals surface area contributed by atoms with E-state index in [4.69, 9.17) is 16.3 Å². The molecule has 2 rings (SSSR count). The van der Waals surface area contributed by atoms with Crippen LogP contribution in [0.15, 0.2) is 23.6 Å². The molecule has 0 saturated carbocycles. The van der Waals surface area contributed by atoms with Crippen LogP contribution in [0, 0.1) is 10.1 Å². The Morgan fingerprint density at radius 3 is 2.85 bits per heavy atom. The van der Waals surface area contributed by atoms with Crippen LogP contribution in [0.5, 0.6) is 5.75 Å². The lowest BCUT2D eigenvalue weighted by atomic mass is 10.2. The molecule has 0 bridgehead atoms. The molecule has 2 aromatic rings. The summed E-state index contributed by atoms with van der Waals surface area (Å²) in [6, 6.07) is 4.24. The van der Waals surface area contributed by atoms with Gasteiger partial charge in [-0.2, -0.15) is 0 Å². The van der Waals surface area contributed by atoms with Gasteiger partial charge in [0.1, 0.15) is 6.61 Å². The number of nitro groups is 1. The van der Waals surface area contributed by atoms with Crippen molar-refractivity contribution in [3.63, 3.8) is 0 Å². The molecule has 7 heteroatoms. The molecule has 0 atom stereocenters. The summed E-state index contributed by atoms with van der Waals surface area (Å²) >= 11 is 7.39. The first-order valence-electron chi connectivity index (χ1n) is 5.98. The number of ether oxygens (including phenoxy) is 1. The summed E-state index contributed by atoms with van der Waals surface area (Å²) in [5.41, 5.74) is 0.654. The van der Waals surface area contributed by atoms with Crippen molar-refractivity contribution in [3.05, 3.63) is 49.4 Å². The average molecular weight is 313 g/mol.